The number of Topliss-reactive ketones (excluding diaryl/α,β-unsaturated/α-hetero) is 1. The van der Waals surface area contributed by atoms with Crippen LogP contribution in [0.25, 0.3) is 5.76 Å². The number of anilines is 1. The molecular weight excluding hydrogens is 452 g/mol. The minimum Gasteiger partial charge on any atom is -0.507 e. The van der Waals surface area contributed by atoms with E-state index in [4.69, 9.17) is 18.7 Å². The van der Waals surface area contributed by atoms with E-state index in [1.165, 1.54) is 19.1 Å². The fourth-order valence-electron chi connectivity index (χ4n) is 3.98. The standard InChI is InChI=1S/C26H26N2O7/c1-5-11-34-18-8-6-7-16(13-18)23-22(24(29)17-9-10-19(32-3)20(14-17)33-4)25(30)26(31)28(23)21-12-15(2)35-27-21/h6-10,12-14,23,29H,5,11H2,1-4H3. The first-order valence-corrected chi connectivity index (χ1v) is 11.1. The zero-order chi connectivity index (χ0) is 25.1. The van der Waals surface area contributed by atoms with Crippen molar-refractivity contribution in [2.24, 2.45) is 0 Å². The summed E-state index contributed by atoms with van der Waals surface area (Å²) in [5, 5.41) is 15.3. The number of carbonyl (C=O) groups excluding carboxylic acids is 2. The van der Waals surface area contributed by atoms with Crippen molar-refractivity contribution in [2.45, 2.75) is 26.3 Å². The lowest BCUT2D eigenvalue weighted by Crippen LogP contribution is -2.29. The number of ketones is 1. The molecule has 1 saturated heterocycles. The topological polar surface area (TPSA) is 111 Å². The molecule has 1 atom stereocenters. The molecule has 3 aromatic rings. The highest BCUT2D eigenvalue weighted by Crippen LogP contribution is 2.43. The highest BCUT2D eigenvalue weighted by Gasteiger charge is 2.48. The lowest BCUT2D eigenvalue weighted by molar-refractivity contribution is -0.132. The maximum Gasteiger partial charge on any atom is 0.301 e. The lowest BCUT2D eigenvalue weighted by atomic mass is 9.95. The third-order valence-corrected chi connectivity index (χ3v) is 5.61. The van der Waals surface area contributed by atoms with Gasteiger partial charge in [0.15, 0.2) is 17.3 Å². The number of hydrogen-bond acceptors (Lipinski definition) is 8. The van der Waals surface area contributed by atoms with E-state index in [1.54, 1.807) is 55.5 Å². The number of amides is 1. The predicted molar refractivity (Wildman–Crippen MR) is 128 cm³/mol. The third-order valence-electron chi connectivity index (χ3n) is 5.61. The van der Waals surface area contributed by atoms with Crippen LogP contribution >= 0.6 is 0 Å². The van der Waals surface area contributed by atoms with Gasteiger partial charge in [-0.2, -0.15) is 0 Å². The van der Waals surface area contributed by atoms with E-state index in [0.717, 1.165) is 6.42 Å². The number of hydrogen-bond donors (Lipinski definition) is 1. The van der Waals surface area contributed by atoms with Gasteiger partial charge in [0, 0.05) is 11.6 Å². The summed E-state index contributed by atoms with van der Waals surface area (Å²) in [6, 6.07) is 12.4. The molecule has 1 unspecified atom stereocenters. The molecule has 0 radical (unpaired) electrons. The monoisotopic (exact) mass is 478 g/mol. The summed E-state index contributed by atoms with van der Waals surface area (Å²) in [6.07, 6.45) is 0.820. The van der Waals surface area contributed by atoms with E-state index in [-0.39, 0.29) is 17.2 Å². The molecule has 1 amide bonds. The van der Waals surface area contributed by atoms with E-state index in [1.807, 2.05) is 6.92 Å². The van der Waals surface area contributed by atoms with Gasteiger partial charge in [0.25, 0.3) is 5.78 Å². The van der Waals surface area contributed by atoms with Gasteiger partial charge in [0.1, 0.15) is 17.3 Å². The first-order valence-electron chi connectivity index (χ1n) is 11.1. The van der Waals surface area contributed by atoms with Crippen LogP contribution in [-0.4, -0.2) is 42.8 Å². The second-order valence-electron chi connectivity index (χ2n) is 7.96. The van der Waals surface area contributed by atoms with E-state index in [2.05, 4.69) is 5.16 Å². The number of aryl methyl sites for hydroxylation is 1. The quantitative estimate of drug-likeness (QED) is 0.288. The summed E-state index contributed by atoms with van der Waals surface area (Å²) < 4.78 is 21.5. The molecule has 0 spiro atoms. The van der Waals surface area contributed by atoms with Gasteiger partial charge >= 0.3 is 5.91 Å². The number of aromatic nitrogens is 1. The van der Waals surface area contributed by atoms with Crippen molar-refractivity contribution in [1.82, 2.24) is 5.16 Å². The Morgan fingerprint density at radius 3 is 2.51 bits per heavy atom. The number of rotatable bonds is 8. The Kier molecular flexibility index (Phi) is 6.77. The molecule has 0 saturated carbocycles. The molecule has 1 fully saturated rings. The van der Waals surface area contributed by atoms with Crippen molar-refractivity contribution in [2.75, 3.05) is 25.7 Å². The maximum absolute atomic E-state index is 13.3. The van der Waals surface area contributed by atoms with Crippen LogP contribution in [0.4, 0.5) is 5.82 Å². The summed E-state index contributed by atoms with van der Waals surface area (Å²) in [7, 11) is 2.96. The van der Waals surface area contributed by atoms with Crippen LogP contribution in [0.15, 0.2) is 58.6 Å². The highest BCUT2D eigenvalue weighted by molar-refractivity contribution is 6.51. The zero-order valence-corrected chi connectivity index (χ0v) is 19.9. The van der Waals surface area contributed by atoms with Gasteiger partial charge in [-0.05, 0) is 49.2 Å². The van der Waals surface area contributed by atoms with E-state index < -0.39 is 17.7 Å². The third kappa shape index (κ3) is 4.44. The van der Waals surface area contributed by atoms with E-state index >= 15 is 0 Å². The number of aliphatic hydroxyl groups is 1. The normalized spacial score (nSPS) is 17.0. The molecule has 1 aliphatic rings. The Hall–Kier alpha value is -4.27. The Morgan fingerprint density at radius 1 is 1.09 bits per heavy atom. The van der Waals surface area contributed by atoms with Crippen molar-refractivity contribution in [3.05, 3.63) is 71.0 Å². The largest absolute Gasteiger partial charge is 0.507 e. The lowest BCUT2D eigenvalue weighted by Gasteiger charge is -2.23. The number of methoxy groups -OCH3 is 2. The van der Waals surface area contributed by atoms with Crippen molar-refractivity contribution < 1.29 is 33.4 Å². The first kappa shape index (κ1) is 23.9. The molecule has 182 valence electrons. The Morgan fingerprint density at radius 2 is 1.86 bits per heavy atom. The first-order chi connectivity index (χ1) is 16.9. The second kappa shape index (κ2) is 9.92. The fraction of sp³-hybridized carbons (Fsp3) is 0.269. The summed E-state index contributed by atoms with van der Waals surface area (Å²) in [4.78, 5) is 27.7. The van der Waals surface area contributed by atoms with Gasteiger partial charge in [-0.3, -0.25) is 14.5 Å². The molecule has 9 heteroatoms. The Labute approximate surface area is 202 Å². The Balaban J connectivity index is 1.91. The van der Waals surface area contributed by atoms with Crippen LogP contribution in [0.5, 0.6) is 17.2 Å². The maximum atomic E-state index is 13.3. The second-order valence-corrected chi connectivity index (χ2v) is 7.96. The van der Waals surface area contributed by atoms with Crippen LogP contribution in [0, 0.1) is 6.92 Å². The van der Waals surface area contributed by atoms with Gasteiger partial charge in [-0.1, -0.05) is 24.2 Å². The minimum absolute atomic E-state index is 0.0875. The van der Waals surface area contributed by atoms with Gasteiger partial charge in [-0.25, -0.2) is 0 Å². The van der Waals surface area contributed by atoms with E-state index in [0.29, 0.717) is 40.7 Å². The van der Waals surface area contributed by atoms with Crippen molar-refractivity contribution >= 4 is 23.3 Å². The molecule has 4 rings (SSSR count). The number of carbonyl (C=O) groups is 2. The van der Waals surface area contributed by atoms with Crippen molar-refractivity contribution in [3.8, 4) is 17.2 Å². The summed E-state index contributed by atoms with van der Waals surface area (Å²) >= 11 is 0. The van der Waals surface area contributed by atoms with Crippen LogP contribution in [0.3, 0.4) is 0 Å². The van der Waals surface area contributed by atoms with Gasteiger partial charge in [0.05, 0.1) is 32.4 Å². The highest BCUT2D eigenvalue weighted by atomic mass is 16.5. The number of benzene rings is 2. The smallest absolute Gasteiger partial charge is 0.301 e. The molecule has 9 nitrogen and oxygen atoms in total. The molecule has 1 aliphatic heterocycles. The average molecular weight is 479 g/mol. The fourth-order valence-corrected chi connectivity index (χ4v) is 3.98. The van der Waals surface area contributed by atoms with Crippen molar-refractivity contribution in [3.63, 3.8) is 0 Å². The molecule has 2 heterocycles. The molecule has 0 aliphatic carbocycles. The molecular formula is C26H26N2O7. The summed E-state index contributed by atoms with van der Waals surface area (Å²) in [5.41, 5.74) is 0.774. The van der Waals surface area contributed by atoms with E-state index in [9.17, 15) is 14.7 Å². The molecule has 1 N–H and O–H groups in total. The Bertz CT molecular complexity index is 1290. The SMILES string of the molecule is CCCOc1cccc(C2C(=C(O)c3ccc(OC)c(OC)c3)C(=O)C(=O)N2c2cc(C)on2)c1. The van der Waals surface area contributed by atoms with Crippen LogP contribution in [-0.2, 0) is 9.59 Å². The van der Waals surface area contributed by atoms with Gasteiger partial charge in [-0.15, -0.1) is 0 Å². The number of nitrogens with zero attached hydrogens (tertiary/aromatic N) is 2. The summed E-state index contributed by atoms with van der Waals surface area (Å²) in [6.45, 7) is 4.19. The molecule has 1 aromatic heterocycles. The predicted octanol–water partition coefficient (Wildman–Crippen LogP) is 4.42. The molecule has 2 aromatic carbocycles. The zero-order valence-electron chi connectivity index (χ0n) is 19.9. The van der Waals surface area contributed by atoms with Crippen molar-refractivity contribution in [1.29, 1.82) is 0 Å². The van der Waals surface area contributed by atoms with Crippen LogP contribution in [0.1, 0.15) is 36.3 Å². The van der Waals surface area contributed by atoms with Gasteiger partial charge in [0.2, 0.25) is 0 Å². The number of ether oxygens (including phenoxy) is 3. The molecule has 0 bridgehead atoms. The number of aliphatic hydroxyl groups excluding tert-OH is 1. The van der Waals surface area contributed by atoms with Crippen LogP contribution < -0.4 is 19.1 Å². The van der Waals surface area contributed by atoms with Crippen LogP contribution in [0.2, 0.25) is 0 Å². The van der Waals surface area contributed by atoms with Gasteiger partial charge < -0.3 is 23.8 Å². The average Bonchev–Trinajstić information content (AvgIpc) is 3.42. The summed E-state index contributed by atoms with van der Waals surface area (Å²) in [5.74, 6) is 0.0213. The molecule has 35 heavy (non-hydrogen) atoms. The minimum atomic E-state index is -0.960.